The largest absolute Gasteiger partial charge is 0.455 e. The van der Waals surface area contributed by atoms with Crippen molar-refractivity contribution in [2.24, 2.45) is 23.8 Å². The zero-order chi connectivity index (χ0) is 29.4. The highest BCUT2D eigenvalue weighted by Crippen LogP contribution is 2.52. The lowest BCUT2D eigenvalue weighted by molar-refractivity contribution is -0.659. The number of ether oxygens (including phenoxy) is 1. The minimum Gasteiger partial charge on any atom is -0.455 e. The van der Waals surface area contributed by atoms with E-state index in [1.54, 1.807) is 0 Å². The Morgan fingerprint density at radius 2 is 1.54 bits per heavy atom. The van der Waals surface area contributed by atoms with Gasteiger partial charge in [0.25, 0.3) is 0 Å². The number of aryl methyl sites for hydroxylation is 2. The number of hydrogen-bond donors (Lipinski definition) is 0. The quantitative estimate of drug-likeness (QED) is 0.159. The van der Waals surface area contributed by atoms with Crippen molar-refractivity contribution in [3.63, 3.8) is 0 Å². The van der Waals surface area contributed by atoms with Crippen LogP contribution in [0.1, 0.15) is 77.6 Å². The van der Waals surface area contributed by atoms with Gasteiger partial charge in [-0.15, -0.1) is 0 Å². The second-order valence-electron chi connectivity index (χ2n) is 15.3. The van der Waals surface area contributed by atoms with Gasteiger partial charge in [-0.2, -0.15) is 0 Å². The SMILES string of the molecule is Cc1c2c(c(CC(C)C)c3ccc(CC(C)(C)C)cc13)Oc1cc3cccc(CC(C)(C)C)c3c3cc[n+](C)c-2c13. The lowest BCUT2D eigenvalue weighted by Crippen LogP contribution is -2.32. The first kappa shape index (κ1) is 27.8. The lowest BCUT2D eigenvalue weighted by Gasteiger charge is -2.27. The Balaban J connectivity index is 1.72. The summed E-state index contributed by atoms with van der Waals surface area (Å²) in [6.07, 6.45) is 5.33. The normalized spacial score (nSPS) is 13.3. The van der Waals surface area contributed by atoms with Crippen molar-refractivity contribution in [3.8, 4) is 22.8 Å². The Bertz CT molecular complexity index is 1840. The second kappa shape index (κ2) is 9.58. The molecular formula is C39H46NO+. The highest BCUT2D eigenvalue weighted by atomic mass is 16.5. The minimum absolute atomic E-state index is 0.202. The number of fused-ring (bicyclic) bond motifs is 5. The molecule has 41 heavy (non-hydrogen) atoms. The topological polar surface area (TPSA) is 13.1 Å². The molecule has 0 radical (unpaired) electrons. The molecule has 2 heterocycles. The molecule has 1 aliphatic heterocycles. The van der Waals surface area contributed by atoms with Gasteiger partial charge in [0.2, 0.25) is 5.69 Å². The smallest absolute Gasteiger partial charge is 0.228 e. The zero-order valence-corrected chi connectivity index (χ0v) is 26.8. The molecule has 1 aliphatic rings. The van der Waals surface area contributed by atoms with E-state index in [0.29, 0.717) is 5.92 Å². The molecule has 2 heteroatoms. The van der Waals surface area contributed by atoms with Gasteiger partial charge < -0.3 is 4.74 Å². The van der Waals surface area contributed by atoms with Crippen molar-refractivity contribution >= 4 is 32.3 Å². The van der Waals surface area contributed by atoms with Crippen molar-refractivity contribution in [2.75, 3.05) is 0 Å². The Hall–Kier alpha value is -3.39. The predicted molar refractivity (Wildman–Crippen MR) is 175 cm³/mol. The molecule has 0 fully saturated rings. The first-order valence-electron chi connectivity index (χ1n) is 15.3. The summed E-state index contributed by atoms with van der Waals surface area (Å²) in [5.74, 6) is 2.55. The molecule has 0 saturated carbocycles. The van der Waals surface area contributed by atoms with Crippen molar-refractivity contribution in [1.82, 2.24) is 0 Å². The summed E-state index contributed by atoms with van der Waals surface area (Å²) in [5, 5.41) is 7.84. The average molecular weight is 545 g/mol. The number of benzene rings is 4. The van der Waals surface area contributed by atoms with Crippen LogP contribution in [0.3, 0.4) is 0 Å². The molecule has 6 rings (SSSR count). The number of rotatable bonds is 4. The first-order chi connectivity index (χ1) is 19.2. The second-order valence-corrected chi connectivity index (χ2v) is 15.3. The number of aromatic nitrogens is 1. The fourth-order valence-electron chi connectivity index (χ4n) is 7.07. The van der Waals surface area contributed by atoms with Crippen LogP contribution < -0.4 is 9.30 Å². The van der Waals surface area contributed by atoms with E-state index in [9.17, 15) is 0 Å². The van der Waals surface area contributed by atoms with Crippen LogP contribution in [-0.2, 0) is 26.3 Å². The molecule has 1 aromatic heterocycles. The number of nitrogens with zero attached hydrogens (tertiary/aromatic N) is 1. The molecule has 0 amide bonds. The predicted octanol–water partition coefficient (Wildman–Crippen LogP) is 10.4. The maximum Gasteiger partial charge on any atom is 0.228 e. The van der Waals surface area contributed by atoms with Gasteiger partial charge in [-0.3, -0.25) is 0 Å². The fourth-order valence-corrected chi connectivity index (χ4v) is 7.07. The molecule has 0 N–H and O–H groups in total. The summed E-state index contributed by atoms with van der Waals surface area (Å²) >= 11 is 0. The monoisotopic (exact) mass is 544 g/mol. The molecule has 0 unspecified atom stereocenters. The van der Waals surface area contributed by atoms with Gasteiger partial charge in [0.15, 0.2) is 6.20 Å². The van der Waals surface area contributed by atoms with Crippen LogP contribution in [0.5, 0.6) is 11.5 Å². The van der Waals surface area contributed by atoms with E-state index in [1.807, 2.05) is 0 Å². The van der Waals surface area contributed by atoms with Crippen molar-refractivity contribution in [3.05, 3.63) is 77.0 Å². The van der Waals surface area contributed by atoms with Gasteiger partial charge in [0.05, 0.1) is 10.9 Å². The third kappa shape index (κ3) is 4.90. The van der Waals surface area contributed by atoms with Crippen molar-refractivity contribution in [1.29, 1.82) is 0 Å². The maximum atomic E-state index is 7.07. The number of hydrogen-bond acceptors (Lipinski definition) is 1. The fraction of sp³-hybridized carbons (Fsp3) is 0.410. The van der Waals surface area contributed by atoms with E-state index >= 15 is 0 Å². The molecule has 0 atom stereocenters. The molecule has 0 bridgehead atoms. The molecule has 0 aliphatic carbocycles. The van der Waals surface area contributed by atoms with Crippen LogP contribution in [0, 0.1) is 23.7 Å². The summed E-state index contributed by atoms with van der Waals surface area (Å²) in [7, 11) is 2.20. The summed E-state index contributed by atoms with van der Waals surface area (Å²) in [4.78, 5) is 0. The maximum absolute atomic E-state index is 7.07. The number of pyridine rings is 1. The molecule has 212 valence electrons. The molecule has 0 saturated heterocycles. The highest BCUT2D eigenvalue weighted by Gasteiger charge is 2.34. The van der Waals surface area contributed by atoms with Crippen LogP contribution in [0.2, 0.25) is 0 Å². The summed E-state index contributed by atoms with van der Waals surface area (Å²) in [6.45, 7) is 20.9. The van der Waals surface area contributed by atoms with Gasteiger partial charge in [0.1, 0.15) is 18.5 Å². The summed E-state index contributed by atoms with van der Waals surface area (Å²) in [5.41, 5.74) is 8.44. The molecule has 4 aromatic carbocycles. The minimum atomic E-state index is 0.202. The van der Waals surface area contributed by atoms with Gasteiger partial charge in [-0.05, 0) is 87.2 Å². The molecular weight excluding hydrogens is 498 g/mol. The molecule has 0 spiro atoms. The Labute approximate surface area is 246 Å². The first-order valence-corrected chi connectivity index (χ1v) is 15.3. The van der Waals surface area contributed by atoms with Gasteiger partial charge in [0, 0.05) is 17.0 Å². The van der Waals surface area contributed by atoms with E-state index in [2.05, 4.69) is 129 Å². The Morgan fingerprint density at radius 3 is 2.22 bits per heavy atom. The third-order valence-corrected chi connectivity index (χ3v) is 8.51. The average Bonchev–Trinajstić information content (AvgIpc) is 2.85. The third-order valence-electron chi connectivity index (χ3n) is 8.51. The lowest BCUT2D eigenvalue weighted by atomic mass is 9.82. The van der Waals surface area contributed by atoms with Crippen LogP contribution in [-0.4, -0.2) is 0 Å². The Morgan fingerprint density at radius 1 is 0.805 bits per heavy atom. The van der Waals surface area contributed by atoms with Crippen LogP contribution in [0.4, 0.5) is 0 Å². The van der Waals surface area contributed by atoms with Gasteiger partial charge >= 0.3 is 0 Å². The standard InChI is InChI=1S/C39H46NO/c1-23(2)18-31-28-15-14-25(21-38(4,5)6)19-30(28)24(3)33-36-35-29(16-17-40(36)10)34-26(20-32(35)41-37(31)33)12-11-13-27(34)22-39(7,8)9/h11-17,19-20,23H,18,21-22H2,1-10H3/q+1. The molecule has 5 aromatic rings. The van der Waals surface area contributed by atoms with Gasteiger partial charge in [-0.1, -0.05) is 91.8 Å². The summed E-state index contributed by atoms with van der Waals surface area (Å²) in [6, 6.07) is 18.5. The Kier molecular flexibility index (Phi) is 6.49. The van der Waals surface area contributed by atoms with Crippen LogP contribution in [0.15, 0.2) is 54.7 Å². The van der Waals surface area contributed by atoms with Crippen LogP contribution in [0.25, 0.3) is 43.6 Å². The molecule has 2 nitrogen and oxygen atoms in total. The van der Waals surface area contributed by atoms with Crippen molar-refractivity contribution in [2.45, 2.75) is 81.6 Å². The van der Waals surface area contributed by atoms with E-state index in [-0.39, 0.29) is 10.8 Å². The van der Waals surface area contributed by atoms with E-state index < -0.39 is 0 Å². The highest BCUT2D eigenvalue weighted by molar-refractivity contribution is 6.17. The van der Waals surface area contributed by atoms with E-state index in [0.717, 1.165) is 30.8 Å². The van der Waals surface area contributed by atoms with E-state index in [4.69, 9.17) is 4.74 Å². The zero-order valence-electron chi connectivity index (χ0n) is 26.8. The van der Waals surface area contributed by atoms with Crippen molar-refractivity contribution < 1.29 is 9.30 Å². The van der Waals surface area contributed by atoms with Gasteiger partial charge in [-0.25, -0.2) is 4.57 Å². The van der Waals surface area contributed by atoms with E-state index in [1.165, 1.54) is 65.8 Å². The summed E-state index contributed by atoms with van der Waals surface area (Å²) < 4.78 is 9.39. The van der Waals surface area contributed by atoms with Crippen LogP contribution >= 0.6 is 0 Å².